The van der Waals surface area contributed by atoms with E-state index in [1.54, 1.807) is 11.3 Å². The van der Waals surface area contributed by atoms with Gasteiger partial charge >= 0.3 is 0 Å². The fourth-order valence-corrected chi connectivity index (χ4v) is 4.75. The van der Waals surface area contributed by atoms with Gasteiger partial charge in [-0.1, -0.05) is 36.4 Å². The molecule has 0 radical (unpaired) electrons. The lowest BCUT2D eigenvalue weighted by Crippen LogP contribution is -2.13. The molecule has 5 heteroatoms. The second-order valence-corrected chi connectivity index (χ2v) is 7.41. The van der Waals surface area contributed by atoms with Crippen LogP contribution in [0.5, 0.6) is 0 Å². The molecule has 4 aromatic rings. The number of thiophene rings is 1. The minimum absolute atomic E-state index is 0.0350. The van der Waals surface area contributed by atoms with E-state index in [9.17, 15) is 4.79 Å². The van der Waals surface area contributed by atoms with Crippen LogP contribution in [-0.4, -0.2) is 16.1 Å². The summed E-state index contributed by atoms with van der Waals surface area (Å²) >= 11 is 1.74. The first-order chi connectivity index (χ1) is 12.3. The zero-order chi connectivity index (χ0) is 16.8. The monoisotopic (exact) mass is 345 g/mol. The summed E-state index contributed by atoms with van der Waals surface area (Å²) in [6.07, 6.45) is 2.66. The van der Waals surface area contributed by atoms with E-state index in [0.717, 1.165) is 38.9 Å². The van der Waals surface area contributed by atoms with E-state index >= 15 is 0 Å². The SMILES string of the molecule is O=C1NCc2sc(Cc3ccccc3)c(-c3ccc4[nH]ncc4c3)c21. The molecule has 3 heterocycles. The predicted molar refractivity (Wildman–Crippen MR) is 99.8 cm³/mol. The first-order valence-corrected chi connectivity index (χ1v) is 9.01. The highest BCUT2D eigenvalue weighted by molar-refractivity contribution is 7.13. The van der Waals surface area contributed by atoms with Crippen molar-refractivity contribution in [2.24, 2.45) is 0 Å². The summed E-state index contributed by atoms with van der Waals surface area (Å²) in [4.78, 5) is 14.8. The van der Waals surface area contributed by atoms with Gasteiger partial charge < -0.3 is 5.32 Å². The van der Waals surface area contributed by atoms with Crippen molar-refractivity contribution in [3.8, 4) is 11.1 Å². The fourth-order valence-electron chi connectivity index (χ4n) is 3.45. The molecule has 0 saturated heterocycles. The van der Waals surface area contributed by atoms with Crippen molar-refractivity contribution in [2.45, 2.75) is 13.0 Å². The van der Waals surface area contributed by atoms with Crippen molar-refractivity contribution in [2.75, 3.05) is 0 Å². The average Bonchev–Trinajstić information content (AvgIpc) is 3.32. The van der Waals surface area contributed by atoms with Crippen LogP contribution in [0.15, 0.2) is 54.7 Å². The number of hydrogen-bond acceptors (Lipinski definition) is 3. The summed E-state index contributed by atoms with van der Waals surface area (Å²) in [7, 11) is 0. The van der Waals surface area contributed by atoms with Crippen molar-refractivity contribution in [1.29, 1.82) is 0 Å². The fraction of sp³-hybridized carbons (Fsp3) is 0.100. The largest absolute Gasteiger partial charge is 0.347 e. The number of aromatic nitrogens is 2. The number of rotatable bonds is 3. The number of fused-ring (bicyclic) bond motifs is 2. The molecule has 2 aromatic carbocycles. The zero-order valence-electron chi connectivity index (χ0n) is 13.4. The summed E-state index contributed by atoms with van der Waals surface area (Å²) in [6.45, 7) is 0.634. The molecular weight excluding hydrogens is 330 g/mol. The van der Waals surface area contributed by atoms with Crippen LogP contribution in [0.4, 0.5) is 0 Å². The van der Waals surface area contributed by atoms with Crippen molar-refractivity contribution in [3.63, 3.8) is 0 Å². The van der Waals surface area contributed by atoms with Crippen LogP contribution in [0.2, 0.25) is 0 Å². The van der Waals surface area contributed by atoms with E-state index in [4.69, 9.17) is 0 Å². The number of benzene rings is 2. The van der Waals surface area contributed by atoms with Crippen LogP contribution in [0.25, 0.3) is 22.0 Å². The second kappa shape index (κ2) is 5.57. The third-order valence-corrected chi connectivity index (χ3v) is 5.82. The Bertz CT molecular complexity index is 1090. The van der Waals surface area contributed by atoms with E-state index in [0.29, 0.717) is 6.54 Å². The lowest BCUT2D eigenvalue weighted by atomic mass is 9.97. The van der Waals surface area contributed by atoms with E-state index in [1.165, 1.54) is 10.4 Å². The Morgan fingerprint density at radius 1 is 1.08 bits per heavy atom. The van der Waals surface area contributed by atoms with Crippen LogP contribution in [0.3, 0.4) is 0 Å². The quantitative estimate of drug-likeness (QED) is 0.587. The summed E-state index contributed by atoms with van der Waals surface area (Å²) in [6, 6.07) is 16.6. The minimum Gasteiger partial charge on any atom is -0.347 e. The molecule has 122 valence electrons. The molecule has 0 bridgehead atoms. The number of carbonyl (C=O) groups excluding carboxylic acids is 1. The van der Waals surface area contributed by atoms with Gasteiger partial charge in [0.25, 0.3) is 5.91 Å². The molecule has 1 aliphatic heterocycles. The number of nitrogens with zero attached hydrogens (tertiary/aromatic N) is 1. The Kier molecular flexibility index (Phi) is 3.21. The van der Waals surface area contributed by atoms with Gasteiger partial charge in [-0.15, -0.1) is 11.3 Å². The molecule has 1 amide bonds. The lowest BCUT2D eigenvalue weighted by molar-refractivity contribution is 0.0966. The maximum atomic E-state index is 12.4. The van der Waals surface area contributed by atoms with Crippen molar-refractivity contribution in [3.05, 3.63) is 75.6 Å². The highest BCUT2D eigenvalue weighted by Crippen LogP contribution is 2.41. The molecule has 0 fully saturated rings. The Morgan fingerprint density at radius 2 is 1.96 bits per heavy atom. The van der Waals surface area contributed by atoms with E-state index in [-0.39, 0.29) is 5.91 Å². The Hall–Kier alpha value is -2.92. The lowest BCUT2D eigenvalue weighted by Gasteiger charge is -2.08. The molecule has 0 unspecified atom stereocenters. The normalized spacial score (nSPS) is 13.2. The van der Waals surface area contributed by atoms with Crippen LogP contribution in [0.1, 0.15) is 25.7 Å². The number of carbonyl (C=O) groups is 1. The van der Waals surface area contributed by atoms with Gasteiger partial charge in [-0.25, -0.2) is 0 Å². The van der Waals surface area contributed by atoms with Gasteiger partial charge in [-0.3, -0.25) is 9.89 Å². The van der Waals surface area contributed by atoms with Crippen LogP contribution in [-0.2, 0) is 13.0 Å². The first kappa shape index (κ1) is 14.4. The molecule has 4 nitrogen and oxygen atoms in total. The molecular formula is C20H15N3OS. The van der Waals surface area contributed by atoms with Crippen LogP contribution >= 0.6 is 11.3 Å². The molecule has 0 aliphatic carbocycles. The number of hydrogen-bond donors (Lipinski definition) is 2. The molecule has 0 spiro atoms. The van der Waals surface area contributed by atoms with Gasteiger partial charge in [0.15, 0.2) is 0 Å². The highest BCUT2D eigenvalue weighted by atomic mass is 32.1. The molecule has 0 saturated carbocycles. The third-order valence-electron chi connectivity index (χ3n) is 4.63. The second-order valence-electron chi connectivity index (χ2n) is 6.22. The van der Waals surface area contributed by atoms with Gasteiger partial charge in [0.2, 0.25) is 0 Å². The van der Waals surface area contributed by atoms with Crippen molar-refractivity contribution >= 4 is 28.1 Å². The van der Waals surface area contributed by atoms with Gasteiger partial charge in [0.1, 0.15) is 0 Å². The third kappa shape index (κ3) is 2.36. The van der Waals surface area contributed by atoms with Crippen molar-refractivity contribution < 1.29 is 4.79 Å². The summed E-state index contributed by atoms with van der Waals surface area (Å²) < 4.78 is 0. The Labute approximate surface area is 148 Å². The van der Waals surface area contributed by atoms with E-state index in [1.807, 2.05) is 18.3 Å². The standard InChI is InChI=1S/C20H15N3OS/c24-20-19-17(11-21-20)25-16(8-12-4-2-1-3-5-12)18(19)13-6-7-15-14(9-13)10-22-23-15/h1-7,9-10H,8,11H2,(H,21,24)(H,22,23). The van der Waals surface area contributed by atoms with E-state index < -0.39 is 0 Å². The molecule has 0 atom stereocenters. The topological polar surface area (TPSA) is 57.8 Å². The molecule has 5 rings (SSSR count). The minimum atomic E-state index is 0.0350. The maximum Gasteiger partial charge on any atom is 0.253 e. The molecule has 2 aromatic heterocycles. The van der Waals surface area contributed by atoms with Crippen LogP contribution in [0, 0.1) is 0 Å². The molecule has 1 aliphatic rings. The Morgan fingerprint density at radius 3 is 2.84 bits per heavy atom. The van der Waals surface area contributed by atoms with Gasteiger partial charge in [0, 0.05) is 27.1 Å². The summed E-state index contributed by atoms with van der Waals surface area (Å²) in [5.74, 6) is 0.0350. The number of amides is 1. The summed E-state index contributed by atoms with van der Waals surface area (Å²) in [5, 5.41) is 11.1. The Balaban J connectivity index is 1.69. The number of H-pyrrole nitrogens is 1. The average molecular weight is 345 g/mol. The van der Waals surface area contributed by atoms with Crippen LogP contribution < -0.4 is 5.32 Å². The van der Waals surface area contributed by atoms with Gasteiger partial charge in [-0.2, -0.15) is 5.10 Å². The van der Waals surface area contributed by atoms with Gasteiger partial charge in [-0.05, 0) is 23.3 Å². The predicted octanol–water partition coefficient (Wildman–Crippen LogP) is 4.13. The highest BCUT2D eigenvalue weighted by Gasteiger charge is 2.29. The zero-order valence-corrected chi connectivity index (χ0v) is 14.2. The summed E-state index contributed by atoms with van der Waals surface area (Å²) in [5.41, 5.74) is 5.26. The van der Waals surface area contributed by atoms with E-state index in [2.05, 4.69) is 51.9 Å². The smallest absolute Gasteiger partial charge is 0.253 e. The van der Waals surface area contributed by atoms with Crippen molar-refractivity contribution in [1.82, 2.24) is 15.5 Å². The maximum absolute atomic E-state index is 12.4. The number of aromatic amines is 1. The van der Waals surface area contributed by atoms with Gasteiger partial charge in [0.05, 0.1) is 23.8 Å². The first-order valence-electron chi connectivity index (χ1n) is 8.20. The molecule has 2 N–H and O–H groups in total. The number of nitrogens with one attached hydrogen (secondary N) is 2. The molecule has 25 heavy (non-hydrogen) atoms.